The molecule has 1 aromatic rings. The second-order valence-corrected chi connectivity index (χ2v) is 7.59. The summed E-state index contributed by atoms with van der Waals surface area (Å²) in [5, 5.41) is 0. The molecule has 3 nitrogen and oxygen atoms in total. The molecule has 0 N–H and O–H groups in total. The number of halogens is 2. The minimum Gasteiger partial charge on any atom is -0.379 e. The Balaban J connectivity index is 1.33. The van der Waals surface area contributed by atoms with Gasteiger partial charge in [-0.15, -0.1) is 0 Å². The number of hydrogen-bond donors (Lipinski definition) is 0. The van der Waals surface area contributed by atoms with E-state index in [1.807, 2.05) is 0 Å². The highest BCUT2D eigenvalue weighted by Gasteiger charge is 2.50. The second kappa shape index (κ2) is 6.70. The quantitative estimate of drug-likeness (QED) is 0.844. The average molecular weight is 336 g/mol. The van der Waals surface area contributed by atoms with Gasteiger partial charge in [0.05, 0.1) is 13.2 Å². The Hall–Kier alpha value is -1.04. The molecule has 1 unspecified atom stereocenters. The van der Waals surface area contributed by atoms with Crippen molar-refractivity contribution >= 4 is 0 Å². The summed E-state index contributed by atoms with van der Waals surface area (Å²) in [6.45, 7) is 6.72. The van der Waals surface area contributed by atoms with Crippen LogP contribution in [-0.4, -0.2) is 55.2 Å². The number of hydrogen-bond acceptors (Lipinski definition) is 3. The van der Waals surface area contributed by atoms with Gasteiger partial charge in [-0.1, -0.05) is 6.07 Å². The zero-order valence-corrected chi connectivity index (χ0v) is 14.1. The molecule has 1 aromatic carbocycles. The van der Waals surface area contributed by atoms with Gasteiger partial charge in [0.2, 0.25) is 0 Å². The van der Waals surface area contributed by atoms with Gasteiger partial charge in [-0.05, 0) is 61.9 Å². The number of rotatable bonds is 3. The van der Waals surface area contributed by atoms with E-state index in [4.69, 9.17) is 4.74 Å². The van der Waals surface area contributed by atoms with Gasteiger partial charge in [-0.2, -0.15) is 0 Å². The van der Waals surface area contributed by atoms with Crippen LogP contribution in [0, 0.1) is 17.0 Å². The Kier molecular flexibility index (Phi) is 4.58. The summed E-state index contributed by atoms with van der Waals surface area (Å²) in [5.74, 6) is -1.51. The van der Waals surface area contributed by atoms with E-state index < -0.39 is 11.6 Å². The van der Waals surface area contributed by atoms with Crippen molar-refractivity contribution in [1.29, 1.82) is 0 Å². The van der Waals surface area contributed by atoms with Crippen LogP contribution in [0.1, 0.15) is 31.2 Å². The fourth-order valence-corrected chi connectivity index (χ4v) is 4.78. The van der Waals surface area contributed by atoms with E-state index in [2.05, 4.69) is 9.80 Å². The van der Waals surface area contributed by atoms with Gasteiger partial charge in [-0.3, -0.25) is 9.80 Å². The number of ether oxygens (including phenoxy) is 1. The zero-order valence-electron chi connectivity index (χ0n) is 14.1. The molecule has 2 aliphatic heterocycles. The normalized spacial score (nSPS) is 28.0. The van der Waals surface area contributed by atoms with E-state index in [1.165, 1.54) is 37.8 Å². The highest BCUT2D eigenvalue weighted by Crippen LogP contribution is 2.51. The molecule has 4 rings (SSSR count). The molecule has 2 heterocycles. The van der Waals surface area contributed by atoms with E-state index in [0.29, 0.717) is 5.41 Å². The first-order valence-corrected chi connectivity index (χ1v) is 9.14. The Morgan fingerprint density at radius 1 is 1.00 bits per heavy atom. The highest BCUT2D eigenvalue weighted by molar-refractivity contribution is 5.18. The standard InChI is InChI=1S/C19H26F2N2O/c20-16-2-1-15(13-17(16)21)14-22-7-5-19(6-8-22)4-3-18(19)23-9-11-24-12-10-23/h1-2,13,18H,3-12,14H2. The number of benzene rings is 1. The largest absolute Gasteiger partial charge is 0.379 e. The summed E-state index contributed by atoms with van der Waals surface area (Å²) in [4.78, 5) is 5.02. The maximum absolute atomic E-state index is 13.4. The SMILES string of the molecule is Fc1ccc(CN2CCC3(CCC3N3CCOCC3)CC2)cc1F. The Labute approximate surface area is 142 Å². The van der Waals surface area contributed by atoms with E-state index >= 15 is 0 Å². The lowest BCUT2D eigenvalue weighted by molar-refractivity contribution is -0.0976. The second-order valence-electron chi connectivity index (χ2n) is 7.59. The lowest BCUT2D eigenvalue weighted by Crippen LogP contribution is -2.61. The number of nitrogens with zero attached hydrogens (tertiary/aromatic N) is 2. The maximum Gasteiger partial charge on any atom is 0.159 e. The van der Waals surface area contributed by atoms with Crippen LogP contribution in [0.5, 0.6) is 0 Å². The fraction of sp³-hybridized carbons (Fsp3) is 0.684. The molecular weight excluding hydrogens is 310 g/mol. The molecular formula is C19H26F2N2O. The van der Waals surface area contributed by atoms with Crippen molar-refractivity contribution in [3.63, 3.8) is 0 Å². The molecule has 1 saturated carbocycles. The van der Waals surface area contributed by atoms with Crippen LogP contribution < -0.4 is 0 Å². The summed E-state index contributed by atoms with van der Waals surface area (Å²) in [6, 6.07) is 4.99. The van der Waals surface area contributed by atoms with Gasteiger partial charge in [0, 0.05) is 25.7 Å². The van der Waals surface area contributed by atoms with E-state index in [0.717, 1.165) is 57.5 Å². The predicted octanol–water partition coefficient (Wildman–Crippen LogP) is 3.04. The molecule has 132 valence electrons. The molecule has 5 heteroatoms. The molecule has 0 amide bonds. The Bertz CT molecular complexity index is 581. The molecule has 3 fully saturated rings. The van der Waals surface area contributed by atoms with Gasteiger partial charge >= 0.3 is 0 Å². The molecule has 0 aromatic heterocycles. The molecule has 1 spiro atoms. The van der Waals surface area contributed by atoms with Crippen LogP contribution in [-0.2, 0) is 11.3 Å². The van der Waals surface area contributed by atoms with Crippen molar-refractivity contribution in [2.75, 3.05) is 39.4 Å². The highest BCUT2D eigenvalue weighted by atomic mass is 19.2. The van der Waals surface area contributed by atoms with E-state index in [1.54, 1.807) is 6.07 Å². The third-order valence-corrected chi connectivity index (χ3v) is 6.35. The van der Waals surface area contributed by atoms with Crippen LogP contribution in [0.4, 0.5) is 8.78 Å². The first-order chi connectivity index (χ1) is 11.7. The Morgan fingerprint density at radius 3 is 2.38 bits per heavy atom. The average Bonchev–Trinajstić information content (AvgIpc) is 2.59. The van der Waals surface area contributed by atoms with Crippen molar-refractivity contribution in [1.82, 2.24) is 9.80 Å². The van der Waals surface area contributed by atoms with Gasteiger partial charge < -0.3 is 4.74 Å². The predicted molar refractivity (Wildman–Crippen MR) is 88.7 cm³/mol. The van der Waals surface area contributed by atoms with Crippen molar-refractivity contribution < 1.29 is 13.5 Å². The summed E-state index contributed by atoms with van der Waals surface area (Å²) in [7, 11) is 0. The van der Waals surface area contributed by atoms with Gasteiger partial charge in [-0.25, -0.2) is 8.78 Å². The van der Waals surface area contributed by atoms with Gasteiger partial charge in [0.1, 0.15) is 0 Å². The summed E-state index contributed by atoms with van der Waals surface area (Å²) in [5.41, 5.74) is 1.35. The molecule has 0 radical (unpaired) electrons. The molecule has 3 aliphatic rings. The molecule has 1 aliphatic carbocycles. The molecule has 0 bridgehead atoms. The van der Waals surface area contributed by atoms with Crippen molar-refractivity contribution in [2.24, 2.45) is 5.41 Å². The Morgan fingerprint density at radius 2 is 1.75 bits per heavy atom. The van der Waals surface area contributed by atoms with Crippen molar-refractivity contribution in [2.45, 2.75) is 38.3 Å². The smallest absolute Gasteiger partial charge is 0.159 e. The van der Waals surface area contributed by atoms with Crippen LogP contribution in [0.15, 0.2) is 18.2 Å². The number of likely N-dealkylation sites (tertiary alicyclic amines) is 1. The van der Waals surface area contributed by atoms with Gasteiger partial charge in [0.25, 0.3) is 0 Å². The van der Waals surface area contributed by atoms with E-state index in [9.17, 15) is 8.78 Å². The third-order valence-electron chi connectivity index (χ3n) is 6.35. The molecule has 1 atom stereocenters. The van der Waals surface area contributed by atoms with Crippen LogP contribution >= 0.6 is 0 Å². The first-order valence-electron chi connectivity index (χ1n) is 9.14. The lowest BCUT2D eigenvalue weighted by Gasteiger charge is -2.58. The molecule has 24 heavy (non-hydrogen) atoms. The number of piperidine rings is 1. The summed E-state index contributed by atoms with van der Waals surface area (Å²) in [6.07, 6.45) is 5.11. The molecule has 2 saturated heterocycles. The van der Waals surface area contributed by atoms with E-state index in [-0.39, 0.29) is 0 Å². The summed E-state index contributed by atoms with van der Waals surface area (Å²) >= 11 is 0. The van der Waals surface area contributed by atoms with Crippen molar-refractivity contribution in [3.8, 4) is 0 Å². The van der Waals surface area contributed by atoms with Crippen LogP contribution in [0.2, 0.25) is 0 Å². The van der Waals surface area contributed by atoms with Crippen molar-refractivity contribution in [3.05, 3.63) is 35.4 Å². The zero-order chi connectivity index (χ0) is 16.6. The third kappa shape index (κ3) is 3.09. The van der Waals surface area contributed by atoms with Crippen LogP contribution in [0.3, 0.4) is 0 Å². The topological polar surface area (TPSA) is 15.7 Å². The minimum absolute atomic E-state index is 0.488. The lowest BCUT2D eigenvalue weighted by atomic mass is 9.58. The number of morpholine rings is 1. The van der Waals surface area contributed by atoms with Gasteiger partial charge in [0.15, 0.2) is 11.6 Å². The van der Waals surface area contributed by atoms with Crippen LogP contribution in [0.25, 0.3) is 0 Å². The summed E-state index contributed by atoms with van der Waals surface area (Å²) < 4.78 is 31.9. The first kappa shape index (κ1) is 16.4. The minimum atomic E-state index is -0.765. The monoisotopic (exact) mass is 336 g/mol. The fourth-order valence-electron chi connectivity index (χ4n) is 4.78. The maximum atomic E-state index is 13.4.